The number of carbonyl (C=O) groups is 3. The summed E-state index contributed by atoms with van der Waals surface area (Å²) in [6, 6.07) is 3.58. The molecule has 3 rings (SSSR count). The Labute approximate surface area is 146 Å². The van der Waals surface area contributed by atoms with Crippen LogP contribution in [-0.4, -0.2) is 40.8 Å². The normalized spacial score (nSPS) is 22.7. The highest BCUT2D eigenvalue weighted by Gasteiger charge is 2.48. The number of ether oxygens (including phenoxy) is 1. The number of nitrogens with zero attached hydrogens (tertiary/aromatic N) is 2. The molecule has 0 unspecified atom stereocenters. The number of hydrogen-bond acceptors (Lipinski definition) is 5. The molecule has 1 aliphatic heterocycles. The van der Waals surface area contributed by atoms with Gasteiger partial charge >= 0.3 is 0 Å². The number of aromatic nitrogens is 1. The molecule has 0 aromatic carbocycles. The summed E-state index contributed by atoms with van der Waals surface area (Å²) in [5.74, 6) is -0.715. The molecule has 134 valence electrons. The Morgan fingerprint density at radius 1 is 1.28 bits per heavy atom. The van der Waals surface area contributed by atoms with Crippen molar-refractivity contribution >= 4 is 17.7 Å². The zero-order valence-electron chi connectivity index (χ0n) is 14.4. The third-order valence-electron chi connectivity index (χ3n) is 4.84. The molecule has 2 aliphatic rings. The Morgan fingerprint density at radius 3 is 2.60 bits per heavy atom. The molecule has 7 heteroatoms. The highest BCUT2D eigenvalue weighted by molar-refractivity contribution is 6.07. The summed E-state index contributed by atoms with van der Waals surface area (Å²) in [5, 5.41) is 2.74. The molecule has 1 aliphatic carbocycles. The number of likely N-dealkylation sites (tertiary alicyclic amines) is 1. The molecule has 25 heavy (non-hydrogen) atoms. The fourth-order valence-corrected chi connectivity index (χ4v) is 3.61. The monoisotopic (exact) mass is 345 g/mol. The predicted octanol–water partition coefficient (Wildman–Crippen LogP) is 1.27. The molecular weight excluding hydrogens is 322 g/mol. The van der Waals surface area contributed by atoms with Gasteiger partial charge in [0.1, 0.15) is 6.54 Å². The van der Waals surface area contributed by atoms with E-state index in [1.165, 1.54) is 0 Å². The second kappa shape index (κ2) is 7.63. The fraction of sp³-hybridized carbons (Fsp3) is 0.556. The van der Waals surface area contributed by atoms with Gasteiger partial charge in [0.15, 0.2) is 0 Å². The summed E-state index contributed by atoms with van der Waals surface area (Å²) >= 11 is 0. The number of nitrogens with one attached hydrogen (secondary N) is 1. The van der Waals surface area contributed by atoms with E-state index in [1.807, 2.05) is 13.0 Å². The first kappa shape index (κ1) is 17.4. The second-order valence-electron chi connectivity index (χ2n) is 6.44. The standard InChI is InChI=1S/C18H23N3O4/c1-2-25-16-12(6-5-9-19-16)10-20-15(22)11-21-17(23)13-7-3-4-8-14(13)18(21)24/h5-6,9,13-14H,2-4,7-8,10-11H2,1H3,(H,20,22)/t13-,14-/m0/s1. The maximum atomic E-state index is 12.4. The molecule has 2 heterocycles. The van der Waals surface area contributed by atoms with Gasteiger partial charge in [0.2, 0.25) is 23.6 Å². The number of hydrogen-bond donors (Lipinski definition) is 1. The maximum Gasteiger partial charge on any atom is 0.240 e. The average Bonchev–Trinajstić information content (AvgIpc) is 2.87. The second-order valence-corrected chi connectivity index (χ2v) is 6.44. The third kappa shape index (κ3) is 3.65. The highest BCUT2D eigenvalue weighted by atomic mass is 16.5. The topological polar surface area (TPSA) is 88.6 Å². The molecule has 1 saturated heterocycles. The lowest BCUT2D eigenvalue weighted by Gasteiger charge is -2.19. The Balaban J connectivity index is 1.58. The molecule has 2 atom stereocenters. The highest BCUT2D eigenvalue weighted by Crippen LogP contribution is 2.37. The van der Waals surface area contributed by atoms with E-state index < -0.39 is 0 Å². The van der Waals surface area contributed by atoms with Crippen molar-refractivity contribution in [2.45, 2.75) is 39.2 Å². The Morgan fingerprint density at radius 2 is 1.96 bits per heavy atom. The van der Waals surface area contributed by atoms with Crippen LogP contribution in [-0.2, 0) is 20.9 Å². The molecular formula is C18H23N3O4. The summed E-state index contributed by atoms with van der Waals surface area (Å²) < 4.78 is 5.42. The van der Waals surface area contributed by atoms with Gasteiger partial charge in [-0.25, -0.2) is 4.98 Å². The van der Waals surface area contributed by atoms with Crippen LogP contribution in [0.4, 0.5) is 0 Å². The van der Waals surface area contributed by atoms with Crippen LogP contribution in [0.1, 0.15) is 38.2 Å². The number of fused-ring (bicyclic) bond motifs is 1. The summed E-state index contributed by atoms with van der Waals surface area (Å²) in [7, 11) is 0. The molecule has 7 nitrogen and oxygen atoms in total. The number of carbonyl (C=O) groups excluding carboxylic acids is 3. The third-order valence-corrected chi connectivity index (χ3v) is 4.84. The van der Waals surface area contributed by atoms with E-state index >= 15 is 0 Å². The van der Waals surface area contributed by atoms with Crippen LogP contribution >= 0.6 is 0 Å². The minimum Gasteiger partial charge on any atom is -0.478 e. The van der Waals surface area contributed by atoms with Crippen molar-refractivity contribution in [1.29, 1.82) is 0 Å². The molecule has 1 saturated carbocycles. The number of rotatable bonds is 6. The molecule has 0 bridgehead atoms. The van der Waals surface area contributed by atoms with Gasteiger partial charge in [-0.15, -0.1) is 0 Å². The minimum absolute atomic E-state index is 0.193. The summed E-state index contributed by atoms with van der Waals surface area (Å²) in [5.41, 5.74) is 0.755. The number of imide groups is 1. The van der Waals surface area contributed by atoms with E-state index in [-0.39, 0.29) is 42.6 Å². The first-order valence-electron chi connectivity index (χ1n) is 8.80. The van der Waals surface area contributed by atoms with Gasteiger partial charge in [-0.05, 0) is 25.8 Å². The molecule has 2 fully saturated rings. The van der Waals surface area contributed by atoms with Crippen molar-refractivity contribution in [1.82, 2.24) is 15.2 Å². The molecule has 3 amide bonds. The van der Waals surface area contributed by atoms with Crippen LogP contribution in [0.15, 0.2) is 18.3 Å². The van der Waals surface area contributed by atoms with Crippen molar-refractivity contribution in [3.05, 3.63) is 23.9 Å². The van der Waals surface area contributed by atoms with Crippen LogP contribution in [0.5, 0.6) is 5.88 Å². The Bertz CT molecular complexity index is 652. The molecule has 1 aromatic heterocycles. The molecule has 0 radical (unpaired) electrons. The number of pyridine rings is 1. The van der Waals surface area contributed by atoms with Crippen LogP contribution < -0.4 is 10.1 Å². The minimum atomic E-state index is -0.355. The molecule has 1 N–H and O–H groups in total. The van der Waals surface area contributed by atoms with Crippen molar-refractivity contribution < 1.29 is 19.1 Å². The van der Waals surface area contributed by atoms with E-state index in [2.05, 4.69) is 10.3 Å². The van der Waals surface area contributed by atoms with Crippen molar-refractivity contribution in [2.75, 3.05) is 13.2 Å². The zero-order chi connectivity index (χ0) is 17.8. The Hall–Kier alpha value is -2.44. The van der Waals surface area contributed by atoms with Gasteiger partial charge in [-0.2, -0.15) is 0 Å². The molecule has 1 aromatic rings. The Kier molecular flexibility index (Phi) is 5.31. The SMILES string of the molecule is CCOc1ncccc1CNC(=O)CN1C(=O)[C@H]2CCCC[C@@H]2C1=O. The fourth-order valence-electron chi connectivity index (χ4n) is 3.61. The lowest BCUT2D eigenvalue weighted by atomic mass is 9.81. The predicted molar refractivity (Wildman–Crippen MR) is 89.4 cm³/mol. The summed E-state index contributed by atoms with van der Waals surface area (Å²) in [6.45, 7) is 2.37. The zero-order valence-corrected chi connectivity index (χ0v) is 14.4. The van der Waals surface area contributed by atoms with E-state index in [9.17, 15) is 14.4 Å². The maximum absolute atomic E-state index is 12.4. The largest absolute Gasteiger partial charge is 0.478 e. The van der Waals surface area contributed by atoms with Crippen molar-refractivity contribution in [3.8, 4) is 5.88 Å². The van der Waals surface area contributed by atoms with Gasteiger partial charge in [0, 0.05) is 18.3 Å². The van der Waals surface area contributed by atoms with Crippen molar-refractivity contribution in [2.24, 2.45) is 11.8 Å². The van der Waals surface area contributed by atoms with Crippen LogP contribution in [0, 0.1) is 11.8 Å². The van der Waals surface area contributed by atoms with Gasteiger partial charge in [-0.1, -0.05) is 18.9 Å². The average molecular weight is 345 g/mol. The van der Waals surface area contributed by atoms with Crippen LogP contribution in [0.3, 0.4) is 0 Å². The van der Waals surface area contributed by atoms with Gasteiger partial charge in [-0.3, -0.25) is 19.3 Å². The molecule has 0 spiro atoms. The first-order valence-corrected chi connectivity index (χ1v) is 8.80. The smallest absolute Gasteiger partial charge is 0.240 e. The van der Waals surface area contributed by atoms with Gasteiger partial charge < -0.3 is 10.1 Å². The quantitative estimate of drug-likeness (QED) is 0.785. The summed E-state index contributed by atoms with van der Waals surface area (Å²) in [6.07, 6.45) is 5.07. The number of amides is 3. The first-order chi connectivity index (χ1) is 12.1. The van der Waals surface area contributed by atoms with E-state index in [0.29, 0.717) is 12.5 Å². The lowest BCUT2D eigenvalue weighted by Crippen LogP contribution is -2.40. The van der Waals surface area contributed by atoms with E-state index in [1.54, 1.807) is 12.3 Å². The van der Waals surface area contributed by atoms with Crippen LogP contribution in [0.2, 0.25) is 0 Å². The van der Waals surface area contributed by atoms with E-state index in [4.69, 9.17) is 4.74 Å². The van der Waals surface area contributed by atoms with Crippen LogP contribution in [0.25, 0.3) is 0 Å². The van der Waals surface area contributed by atoms with E-state index in [0.717, 1.165) is 36.1 Å². The lowest BCUT2D eigenvalue weighted by molar-refractivity contribution is -0.143. The van der Waals surface area contributed by atoms with Crippen molar-refractivity contribution in [3.63, 3.8) is 0 Å². The summed E-state index contributed by atoms with van der Waals surface area (Å²) in [4.78, 5) is 42.3. The van der Waals surface area contributed by atoms with Gasteiger partial charge in [0.05, 0.1) is 18.4 Å². The van der Waals surface area contributed by atoms with Gasteiger partial charge in [0.25, 0.3) is 0 Å².